The average Bonchev–Trinajstić information content (AvgIpc) is 2.75. The van der Waals surface area contributed by atoms with Crippen molar-refractivity contribution in [2.24, 2.45) is 5.92 Å². The summed E-state index contributed by atoms with van der Waals surface area (Å²) >= 11 is 1.45. The van der Waals surface area contributed by atoms with Crippen LogP contribution in [0.3, 0.4) is 0 Å². The lowest BCUT2D eigenvalue weighted by Gasteiger charge is -2.20. The Morgan fingerprint density at radius 1 is 1.25 bits per heavy atom. The normalized spacial score (nSPS) is 15.9. The fourth-order valence-corrected chi connectivity index (χ4v) is 3.20. The Kier molecular flexibility index (Phi) is 5.11. The molecule has 0 atom stereocenters. The number of carbonyl (C=O) groups is 2. The van der Waals surface area contributed by atoms with E-state index in [-0.39, 0.29) is 24.3 Å². The molecule has 0 spiro atoms. The van der Waals surface area contributed by atoms with E-state index >= 15 is 0 Å². The molecule has 1 fully saturated rings. The Balaban J connectivity index is 1.75. The van der Waals surface area contributed by atoms with Crippen molar-refractivity contribution in [2.75, 3.05) is 11.9 Å². The summed E-state index contributed by atoms with van der Waals surface area (Å²) < 4.78 is 0. The molecule has 1 saturated carbocycles. The van der Waals surface area contributed by atoms with E-state index in [1.807, 2.05) is 13.8 Å². The molecule has 2 rings (SSSR count). The van der Waals surface area contributed by atoms with Gasteiger partial charge >= 0.3 is 0 Å². The summed E-state index contributed by atoms with van der Waals surface area (Å²) in [7, 11) is 0. The molecule has 1 aliphatic rings. The highest BCUT2D eigenvalue weighted by molar-refractivity contribution is 7.15. The van der Waals surface area contributed by atoms with Crippen LogP contribution in [0.5, 0.6) is 0 Å². The minimum atomic E-state index is -0.220. The molecule has 0 radical (unpaired) electrons. The molecule has 0 saturated heterocycles. The minimum absolute atomic E-state index is 0.00588. The summed E-state index contributed by atoms with van der Waals surface area (Å²) in [6, 6.07) is 0. The number of amides is 2. The molecule has 2 N–H and O–H groups in total. The maximum atomic E-state index is 11.9. The van der Waals surface area contributed by atoms with Gasteiger partial charge in [0.25, 0.3) is 0 Å². The Hall–Kier alpha value is -1.43. The minimum Gasteiger partial charge on any atom is -0.347 e. The quantitative estimate of drug-likeness (QED) is 0.896. The molecule has 0 bridgehead atoms. The molecule has 5 nitrogen and oxygen atoms in total. The van der Waals surface area contributed by atoms with Gasteiger partial charge in [-0.2, -0.15) is 0 Å². The van der Waals surface area contributed by atoms with E-state index in [0.29, 0.717) is 5.13 Å². The lowest BCUT2D eigenvalue weighted by atomic mass is 9.89. The van der Waals surface area contributed by atoms with Crippen LogP contribution in [0.1, 0.15) is 42.7 Å². The van der Waals surface area contributed by atoms with Crippen molar-refractivity contribution < 1.29 is 9.59 Å². The van der Waals surface area contributed by atoms with Crippen molar-refractivity contribution in [2.45, 2.75) is 46.0 Å². The molecule has 2 amide bonds. The van der Waals surface area contributed by atoms with Crippen LogP contribution < -0.4 is 10.6 Å². The standard InChI is InChI=1S/C14H21N3O2S/c1-9-10(2)20-14(16-9)17-12(18)8-15-13(19)11-6-4-3-5-7-11/h11H,3-8H2,1-2H3,(H,15,19)(H,16,17,18). The third-order valence-electron chi connectivity index (χ3n) is 3.67. The first-order valence-corrected chi connectivity index (χ1v) is 7.89. The molecule has 0 unspecified atom stereocenters. The van der Waals surface area contributed by atoms with Crippen molar-refractivity contribution in [1.29, 1.82) is 0 Å². The Bertz CT molecular complexity index is 473. The molecule has 1 aromatic heterocycles. The topological polar surface area (TPSA) is 71.1 Å². The number of rotatable bonds is 4. The predicted octanol–water partition coefficient (Wildman–Crippen LogP) is 2.39. The second kappa shape index (κ2) is 6.83. The number of carbonyl (C=O) groups excluding carboxylic acids is 2. The van der Waals surface area contributed by atoms with Crippen molar-refractivity contribution >= 4 is 28.3 Å². The molecule has 1 aliphatic carbocycles. The fraction of sp³-hybridized carbons (Fsp3) is 0.643. The van der Waals surface area contributed by atoms with E-state index in [9.17, 15) is 9.59 Å². The van der Waals surface area contributed by atoms with Gasteiger partial charge in [0.2, 0.25) is 11.8 Å². The third kappa shape index (κ3) is 4.03. The molecular formula is C14H21N3O2S. The van der Waals surface area contributed by atoms with Gasteiger partial charge in [-0.25, -0.2) is 4.98 Å². The van der Waals surface area contributed by atoms with Gasteiger partial charge in [0.15, 0.2) is 5.13 Å². The summed E-state index contributed by atoms with van der Waals surface area (Å²) in [6.07, 6.45) is 5.33. The summed E-state index contributed by atoms with van der Waals surface area (Å²) in [4.78, 5) is 29.0. The number of nitrogens with zero attached hydrogens (tertiary/aromatic N) is 1. The summed E-state index contributed by atoms with van der Waals surface area (Å²) in [5.41, 5.74) is 0.927. The van der Waals surface area contributed by atoms with Gasteiger partial charge in [0.05, 0.1) is 12.2 Å². The average molecular weight is 295 g/mol. The van der Waals surface area contributed by atoms with E-state index in [1.165, 1.54) is 17.8 Å². The summed E-state index contributed by atoms with van der Waals surface area (Å²) in [5, 5.41) is 6.03. The zero-order valence-corrected chi connectivity index (χ0v) is 12.8. The Morgan fingerprint density at radius 2 is 1.95 bits per heavy atom. The van der Waals surface area contributed by atoms with E-state index in [0.717, 1.165) is 36.3 Å². The Labute approximate surface area is 123 Å². The van der Waals surface area contributed by atoms with Crippen LogP contribution in [0.4, 0.5) is 5.13 Å². The van der Waals surface area contributed by atoms with Gasteiger partial charge in [-0.1, -0.05) is 19.3 Å². The molecular weight excluding hydrogens is 274 g/mol. The molecule has 1 aromatic rings. The lowest BCUT2D eigenvalue weighted by molar-refractivity contribution is -0.128. The highest BCUT2D eigenvalue weighted by atomic mass is 32.1. The van der Waals surface area contributed by atoms with Gasteiger partial charge in [0, 0.05) is 10.8 Å². The van der Waals surface area contributed by atoms with E-state index < -0.39 is 0 Å². The van der Waals surface area contributed by atoms with Crippen molar-refractivity contribution in [3.63, 3.8) is 0 Å². The number of hydrogen-bond acceptors (Lipinski definition) is 4. The van der Waals surface area contributed by atoms with Crippen LogP contribution in [-0.2, 0) is 9.59 Å². The SMILES string of the molecule is Cc1nc(NC(=O)CNC(=O)C2CCCCC2)sc1C. The van der Waals surface area contributed by atoms with Crippen molar-refractivity contribution in [3.05, 3.63) is 10.6 Å². The zero-order chi connectivity index (χ0) is 14.5. The van der Waals surface area contributed by atoms with Crippen LogP contribution in [0.15, 0.2) is 0 Å². The molecule has 1 heterocycles. The number of aromatic nitrogens is 1. The Morgan fingerprint density at radius 3 is 2.55 bits per heavy atom. The first-order chi connectivity index (χ1) is 9.56. The second-order valence-electron chi connectivity index (χ2n) is 5.26. The van der Waals surface area contributed by atoms with Crippen LogP contribution in [0, 0.1) is 19.8 Å². The predicted molar refractivity (Wildman–Crippen MR) is 79.8 cm³/mol. The monoisotopic (exact) mass is 295 g/mol. The zero-order valence-electron chi connectivity index (χ0n) is 12.0. The van der Waals surface area contributed by atoms with E-state index in [1.54, 1.807) is 0 Å². The number of hydrogen-bond donors (Lipinski definition) is 2. The number of nitrogens with one attached hydrogen (secondary N) is 2. The van der Waals surface area contributed by atoms with Gasteiger partial charge in [-0.05, 0) is 26.7 Å². The van der Waals surface area contributed by atoms with Crippen molar-refractivity contribution in [1.82, 2.24) is 10.3 Å². The van der Waals surface area contributed by atoms with Gasteiger partial charge < -0.3 is 10.6 Å². The number of thiazole rings is 1. The van der Waals surface area contributed by atoms with Gasteiger partial charge in [-0.15, -0.1) is 11.3 Å². The molecule has 20 heavy (non-hydrogen) atoms. The first-order valence-electron chi connectivity index (χ1n) is 7.08. The second-order valence-corrected chi connectivity index (χ2v) is 6.46. The number of aryl methyl sites for hydroxylation is 2. The first kappa shape index (κ1) is 15.0. The third-order valence-corrected chi connectivity index (χ3v) is 4.66. The highest BCUT2D eigenvalue weighted by Crippen LogP contribution is 2.23. The fourth-order valence-electron chi connectivity index (χ4n) is 2.37. The smallest absolute Gasteiger partial charge is 0.245 e. The van der Waals surface area contributed by atoms with Gasteiger partial charge in [-0.3, -0.25) is 9.59 Å². The maximum Gasteiger partial charge on any atom is 0.245 e. The van der Waals surface area contributed by atoms with Crippen LogP contribution in [-0.4, -0.2) is 23.3 Å². The van der Waals surface area contributed by atoms with Crippen molar-refractivity contribution in [3.8, 4) is 0 Å². The lowest BCUT2D eigenvalue weighted by Crippen LogP contribution is -2.37. The molecule has 0 aromatic carbocycles. The molecule has 6 heteroatoms. The van der Waals surface area contributed by atoms with E-state index in [2.05, 4.69) is 15.6 Å². The highest BCUT2D eigenvalue weighted by Gasteiger charge is 2.21. The maximum absolute atomic E-state index is 11.9. The molecule has 110 valence electrons. The molecule has 0 aliphatic heterocycles. The largest absolute Gasteiger partial charge is 0.347 e. The summed E-state index contributed by atoms with van der Waals surface area (Å²) in [5.74, 6) is -0.129. The van der Waals surface area contributed by atoms with E-state index in [4.69, 9.17) is 0 Å². The van der Waals surface area contributed by atoms with Crippen LogP contribution >= 0.6 is 11.3 Å². The van der Waals surface area contributed by atoms with Crippen LogP contribution in [0.25, 0.3) is 0 Å². The van der Waals surface area contributed by atoms with Gasteiger partial charge in [0.1, 0.15) is 0 Å². The number of anilines is 1. The summed E-state index contributed by atoms with van der Waals surface area (Å²) in [6.45, 7) is 3.90. The van der Waals surface area contributed by atoms with Crippen LogP contribution in [0.2, 0.25) is 0 Å².